The number of nitrogens with two attached hydrogens (primary N) is 1. The molecule has 6 aromatic carbocycles. The Bertz CT molecular complexity index is 3050. The van der Waals surface area contributed by atoms with E-state index < -0.39 is 17.7 Å². The average Bonchev–Trinajstić information content (AvgIpc) is 3.35. The highest BCUT2D eigenvalue weighted by atomic mass is 19.1. The fourth-order valence-corrected chi connectivity index (χ4v) is 7.59. The number of rotatable bonds is 9. The van der Waals surface area contributed by atoms with Crippen molar-refractivity contribution in [3.8, 4) is 23.0 Å². The number of piperidine rings is 2. The highest BCUT2D eigenvalue weighted by Gasteiger charge is 2.15. The second-order valence-corrected chi connectivity index (χ2v) is 15.9. The Morgan fingerprint density at radius 2 is 1.04 bits per heavy atom. The molecule has 4 heterocycles. The van der Waals surface area contributed by atoms with Crippen molar-refractivity contribution in [3.05, 3.63) is 157 Å². The van der Waals surface area contributed by atoms with Crippen molar-refractivity contribution in [1.82, 2.24) is 19.9 Å². The molecular weight excluding hydrogens is 867 g/mol. The standard InChI is InChI=1S/C26H24FN5O2.C19H20N4O.C7H4FNO/c27-18-6-4-7-19(14-18)29-26(33)30-20-8-5-9-21(15-20)34-22-10-11-23-24(16-22)31-25(17-28-23)32-12-2-1-3-13-32;20-14-5-4-6-15(11-14)24-16-7-8-17-18(12-16)22-19(13-21-17)23-9-2-1-3-10-23;8-6-2-1-3-7(4-6)9-5-10/h4-11,14-17H,1-3,12-13H2,(H2,29,30,33);4-8,11-13H,1-3,9-10,20H2;1-4H. The maximum absolute atomic E-state index is 13.3. The number of aliphatic imine (C=N–C) groups is 1. The van der Waals surface area contributed by atoms with Crippen LogP contribution in [0.15, 0.2) is 151 Å². The monoisotopic (exact) mass is 914 g/mol. The van der Waals surface area contributed by atoms with E-state index in [0.717, 1.165) is 77.4 Å². The second kappa shape index (κ2) is 22.6. The summed E-state index contributed by atoms with van der Waals surface area (Å²) in [6.45, 7) is 4.12. The molecule has 0 bridgehead atoms. The van der Waals surface area contributed by atoms with Crippen LogP contribution in [0.2, 0.25) is 0 Å². The third kappa shape index (κ3) is 13.1. The van der Waals surface area contributed by atoms with E-state index in [2.05, 4.69) is 35.4 Å². The zero-order valence-electron chi connectivity index (χ0n) is 37.0. The Morgan fingerprint density at radius 3 is 1.57 bits per heavy atom. The highest BCUT2D eigenvalue weighted by Crippen LogP contribution is 2.29. The molecule has 2 aliphatic heterocycles. The van der Waals surface area contributed by atoms with Gasteiger partial charge in [-0.25, -0.2) is 28.3 Å². The Labute approximate surface area is 391 Å². The summed E-state index contributed by atoms with van der Waals surface area (Å²) in [6.07, 6.45) is 12.4. The summed E-state index contributed by atoms with van der Waals surface area (Å²) in [5.41, 5.74) is 11.0. The van der Waals surface area contributed by atoms with Crippen molar-refractivity contribution in [2.24, 2.45) is 4.99 Å². The molecule has 0 unspecified atom stereocenters. The molecular formula is C52H48F2N10O4. The van der Waals surface area contributed by atoms with Gasteiger partial charge in [-0.2, -0.15) is 4.99 Å². The van der Waals surface area contributed by atoms with E-state index in [1.54, 1.807) is 36.4 Å². The Balaban J connectivity index is 0.000000159. The molecule has 68 heavy (non-hydrogen) atoms. The van der Waals surface area contributed by atoms with Crippen molar-refractivity contribution in [2.45, 2.75) is 38.5 Å². The first kappa shape index (κ1) is 46.1. The van der Waals surface area contributed by atoms with Crippen molar-refractivity contribution in [3.63, 3.8) is 0 Å². The van der Waals surface area contributed by atoms with E-state index in [4.69, 9.17) is 25.2 Å². The number of benzene rings is 6. The zero-order valence-corrected chi connectivity index (χ0v) is 37.0. The number of nitrogen functional groups attached to an aromatic ring is 1. The first-order chi connectivity index (χ1) is 33.2. The fourth-order valence-electron chi connectivity index (χ4n) is 7.59. The lowest BCUT2D eigenvalue weighted by atomic mass is 10.1. The topological polar surface area (TPSA) is 173 Å². The van der Waals surface area contributed by atoms with Crippen LogP contribution in [0.3, 0.4) is 0 Å². The van der Waals surface area contributed by atoms with Crippen LogP contribution in [-0.4, -0.2) is 58.2 Å². The number of halogens is 2. The lowest BCUT2D eigenvalue weighted by Gasteiger charge is -2.27. The van der Waals surface area contributed by atoms with Crippen LogP contribution in [0.1, 0.15) is 38.5 Å². The molecule has 0 aliphatic carbocycles. The van der Waals surface area contributed by atoms with E-state index in [0.29, 0.717) is 28.6 Å². The van der Waals surface area contributed by atoms with Gasteiger partial charge in [0.05, 0.1) is 40.1 Å². The first-order valence-corrected chi connectivity index (χ1v) is 22.2. The number of hydrogen-bond donors (Lipinski definition) is 3. The highest BCUT2D eigenvalue weighted by molar-refractivity contribution is 5.99. The van der Waals surface area contributed by atoms with Gasteiger partial charge in [0.15, 0.2) is 0 Å². The number of anilines is 5. The Kier molecular flexibility index (Phi) is 15.3. The molecule has 2 aromatic heterocycles. The second-order valence-electron chi connectivity index (χ2n) is 15.9. The van der Waals surface area contributed by atoms with E-state index in [9.17, 15) is 18.4 Å². The summed E-state index contributed by atoms with van der Waals surface area (Å²) in [7, 11) is 0. The van der Waals surface area contributed by atoms with Gasteiger partial charge in [0.1, 0.15) is 46.3 Å². The minimum Gasteiger partial charge on any atom is -0.457 e. The SMILES string of the molecule is Nc1cccc(Oc2ccc3ncc(N4CCCCC4)nc3c2)c1.O=C(Nc1cccc(F)c1)Nc1cccc(Oc2ccc3ncc(N4CCCCC4)nc3c2)c1.O=C=Nc1cccc(F)c1. The van der Waals surface area contributed by atoms with Gasteiger partial charge >= 0.3 is 6.03 Å². The van der Waals surface area contributed by atoms with Gasteiger partial charge in [0.25, 0.3) is 0 Å². The summed E-state index contributed by atoms with van der Waals surface area (Å²) in [4.78, 5) is 48.4. The molecule has 14 nitrogen and oxygen atoms in total. The predicted molar refractivity (Wildman–Crippen MR) is 262 cm³/mol. The number of carbonyl (C=O) groups is 1. The largest absolute Gasteiger partial charge is 0.457 e. The average molecular weight is 915 g/mol. The maximum Gasteiger partial charge on any atom is 0.323 e. The van der Waals surface area contributed by atoms with Crippen LogP contribution in [0.4, 0.5) is 48.0 Å². The van der Waals surface area contributed by atoms with Crippen LogP contribution >= 0.6 is 0 Å². The third-order valence-electron chi connectivity index (χ3n) is 10.8. The molecule has 0 radical (unpaired) electrons. The summed E-state index contributed by atoms with van der Waals surface area (Å²) < 4.78 is 37.5. The number of nitrogens with one attached hydrogen (secondary N) is 2. The molecule has 2 aliphatic rings. The minimum absolute atomic E-state index is 0.287. The Morgan fingerprint density at radius 1 is 0.559 bits per heavy atom. The molecule has 0 spiro atoms. The molecule has 4 N–H and O–H groups in total. The molecule has 2 fully saturated rings. The van der Waals surface area contributed by atoms with E-state index in [1.165, 1.54) is 81.0 Å². The summed E-state index contributed by atoms with van der Waals surface area (Å²) in [5.74, 6) is 3.64. The van der Waals surface area contributed by atoms with E-state index in [-0.39, 0.29) is 5.69 Å². The number of isocyanates is 1. The maximum atomic E-state index is 13.3. The van der Waals surface area contributed by atoms with Crippen LogP contribution in [-0.2, 0) is 4.79 Å². The zero-order chi connectivity index (χ0) is 47.1. The quantitative estimate of drug-likeness (QED) is 0.0714. The molecule has 0 atom stereocenters. The number of fused-ring (bicyclic) bond motifs is 2. The number of nitrogens with zero attached hydrogens (tertiary/aromatic N) is 7. The number of hydrogen-bond acceptors (Lipinski definition) is 12. The van der Waals surface area contributed by atoms with Gasteiger partial charge in [-0.05, 0) is 117 Å². The first-order valence-electron chi connectivity index (χ1n) is 22.2. The molecule has 8 aromatic rings. The van der Waals surface area contributed by atoms with E-state index >= 15 is 0 Å². The molecule has 10 rings (SSSR count). The summed E-state index contributed by atoms with van der Waals surface area (Å²) in [5, 5.41) is 5.33. The molecule has 2 saturated heterocycles. The lowest BCUT2D eigenvalue weighted by Crippen LogP contribution is -2.30. The Hall–Kier alpha value is -8.49. The minimum atomic E-state index is -0.478. The van der Waals surface area contributed by atoms with Crippen LogP contribution < -0.4 is 35.6 Å². The number of aromatic nitrogens is 4. The van der Waals surface area contributed by atoms with Crippen LogP contribution in [0.25, 0.3) is 22.1 Å². The van der Waals surface area contributed by atoms with Crippen molar-refractivity contribution < 1.29 is 27.8 Å². The number of amides is 2. The van der Waals surface area contributed by atoms with Gasteiger partial charge in [-0.15, -0.1) is 0 Å². The normalized spacial score (nSPS) is 13.2. The van der Waals surface area contributed by atoms with Gasteiger partial charge in [0, 0.05) is 73.6 Å². The number of carbonyl (C=O) groups excluding carboxylic acids is 2. The lowest BCUT2D eigenvalue weighted by molar-refractivity contribution is 0.262. The van der Waals surface area contributed by atoms with Gasteiger partial charge < -0.3 is 35.6 Å². The molecule has 344 valence electrons. The fraction of sp³-hybridized carbons (Fsp3) is 0.192. The predicted octanol–water partition coefficient (Wildman–Crippen LogP) is 12.0. The molecule has 2 amide bonds. The molecule has 0 saturated carbocycles. The van der Waals surface area contributed by atoms with E-state index in [1.807, 2.05) is 67.0 Å². The summed E-state index contributed by atoms with van der Waals surface area (Å²) in [6, 6.07) is 36.5. The number of ether oxygens (including phenoxy) is 2. The van der Waals surface area contributed by atoms with Crippen molar-refractivity contribution in [1.29, 1.82) is 0 Å². The van der Waals surface area contributed by atoms with Crippen molar-refractivity contribution in [2.75, 3.05) is 52.3 Å². The van der Waals surface area contributed by atoms with Gasteiger partial charge in [-0.1, -0.05) is 24.3 Å². The van der Waals surface area contributed by atoms with Crippen LogP contribution in [0.5, 0.6) is 23.0 Å². The van der Waals surface area contributed by atoms with Crippen LogP contribution in [0, 0.1) is 11.6 Å². The smallest absolute Gasteiger partial charge is 0.323 e. The third-order valence-corrected chi connectivity index (χ3v) is 10.8. The van der Waals surface area contributed by atoms with Gasteiger partial charge in [0.2, 0.25) is 6.08 Å². The molecule has 16 heteroatoms. The van der Waals surface area contributed by atoms with Gasteiger partial charge in [-0.3, -0.25) is 9.97 Å². The summed E-state index contributed by atoms with van der Waals surface area (Å²) >= 11 is 0. The van der Waals surface area contributed by atoms with Crippen molar-refractivity contribution >= 4 is 68.6 Å². The number of urea groups is 1.